The molecule has 3 rings (SSSR count). The number of hydrogen-bond acceptors (Lipinski definition) is 5. The molecule has 0 spiro atoms. The number of carbonyl (C=O) groups is 3. The molecule has 0 saturated heterocycles. The maximum Gasteiger partial charge on any atom is 0.261 e. The number of fused-ring (bicyclic) bond motifs is 1. The van der Waals surface area contributed by atoms with E-state index in [4.69, 9.17) is 0 Å². The average Bonchev–Trinajstić information content (AvgIpc) is 3.02. The summed E-state index contributed by atoms with van der Waals surface area (Å²) >= 11 is 0. The Hall–Kier alpha value is -3.04. The molecule has 0 unspecified atom stereocenters. The third-order valence-corrected chi connectivity index (χ3v) is 6.52. The normalized spacial score (nSPS) is 13.4. The minimum absolute atomic E-state index is 0.0575. The van der Waals surface area contributed by atoms with Crippen LogP contribution >= 0.6 is 0 Å². The molecule has 2 N–H and O–H groups in total. The molecule has 1 heterocycles. The van der Waals surface area contributed by atoms with Gasteiger partial charge in [-0.3, -0.25) is 19.3 Å². The van der Waals surface area contributed by atoms with Crippen molar-refractivity contribution < 1.29 is 22.8 Å². The molecule has 2 aromatic rings. The molecule has 8 nitrogen and oxygen atoms in total. The summed E-state index contributed by atoms with van der Waals surface area (Å²) in [5.74, 6) is -0.965. The van der Waals surface area contributed by atoms with Crippen LogP contribution in [0.15, 0.2) is 53.4 Å². The zero-order valence-corrected chi connectivity index (χ0v) is 18.1. The summed E-state index contributed by atoms with van der Waals surface area (Å²) in [6.07, 6.45) is 1.28. The van der Waals surface area contributed by atoms with Crippen molar-refractivity contribution >= 4 is 27.7 Å². The first-order valence-electron chi connectivity index (χ1n) is 10.1. The third-order valence-electron chi connectivity index (χ3n) is 5.04. The van der Waals surface area contributed by atoms with Gasteiger partial charge in [0.2, 0.25) is 15.9 Å². The molecule has 1 aliphatic rings. The van der Waals surface area contributed by atoms with Crippen LogP contribution in [0.3, 0.4) is 0 Å². The van der Waals surface area contributed by atoms with Gasteiger partial charge in [-0.2, -0.15) is 0 Å². The van der Waals surface area contributed by atoms with Gasteiger partial charge in [-0.15, -0.1) is 0 Å². The lowest BCUT2D eigenvalue weighted by molar-refractivity contribution is -0.121. The van der Waals surface area contributed by atoms with Crippen LogP contribution in [0.1, 0.15) is 46.0 Å². The van der Waals surface area contributed by atoms with Crippen LogP contribution < -0.4 is 10.0 Å². The van der Waals surface area contributed by atoms with E-state index in [0.29, 0.717) is 17.5 Å². The molecule has 31 heavy (non-hydrogen) atoms. The van der Waals surface area contributed by atoms with Crippen molar-refractivity contribution in [2.24, 2.45) is 0 Å². The van der Waals surface area contributed by atoms with Crippen LogP contribution in [0.2, 0.25) is 0 Å². The molecular weight excluding hydrogens is 418 g/mol. The molecular formula is C22H25N3O5S. The van der Waals surface area contributed by atoms with Crippen LogP contribution in [-0.4, -0.2) is 50.7 Å². The van der Waals surface area contributed by atoms with Gasteiger partial charge in [0.15, 0.2) is 0 Å². The van der Waals surface area contributed by atoms with Crippen LogP contribution in [0, 0.1) is 0 Å². The Labute approximate surface area is 181 Å². The van der Waals surface area contributed by atoms with E-state index in [1.165, 1.54) is 0 Å². The lowest BCUT2D eigenvalue weighted by Gasteiger charge is -2.13. The molecule has 2 aromatic carbocycles. The summed E-state index contributed by atoms with van der Waals surface area (Å²) in [5.41, 5.74) is 1.81. The van der Waals surface area contributed by atoms with E-state index < -0.39 is 10.0 Å². The fourth-order valence-electron chi connectivity index (χ4n) is 3.30. The lowest BCUT2D eigenvalue weighted by atomic mass is 10.1. The van der Waals surface area contributed by atoms with Gasteiger partial charge in [-0.05, 0) is 42.7 Å². The molecule has 0 atom stereocenters. The number of benzene rings is 2. The summed E-state index contributed by atoms with van der Waals surface area (Å²) < 4.78 is 27.0. The summed E-state index contributed by atoms with van der Waals surface area (Å²) in [4.78, 5) is 37.9. The Morgan fingerprint density at radius 2 is 1.55 bits per heavy atom. The monoisotopic (exact) mass is 443 g/mol. The van der Waals surface area contributed by atoms with Gasteiger partial charge in [0, 0.05) is 26.1 Å². The standard InChI is InChI=1S/C22H25N3O5S/c1-2-16-9-11-17(12-10-16)31(29,30)24-14-13-23-20(26)8-5-15-25-21(27)18-6-3-4-7-19(18)22(25)28/h3-4,6-7,9-12,24H,2,5,8,13-15H2,1H3,(H,23,26). The predicted molar refractivity (Wildman–Crippen MR) is 115 cm³/mol. The molecule has 0 fully saturated rings. The van der Waals surface area contributed by atoms with Crippen molar-refractivity contribution in [3.63, 3.8) is 0 Å². The van der Waals surface area contributed by atoms with E-state index in [2.05, 4.69) is 10.0 Å². The first-order chi connectivity index (χ1) is 14.8. The van der Waals surface area contributed by atoms with E-state index in [0.717, 1.165) is 16.9 Å². The largest absolute Gasteiger partial charge is 0.355 e. The van der Waals surface area contributed by atoms with Crippen molar-refractivity contribution in [3.8, 4) is 0 Å². The number of aryl methyl sites for hydroxylation is 1. The molecule has 0 aliphatic carbocycles. The molecule has 164 valence electrons. The Balaban J connectivity index is 1.37. The molecule has 0 bridgehead atoms. The van der Waals surface area contributed by atoms with Gasteiger partial charge in [0.1, 0.15) is 0 Å². The number of carbonyl (C=O) groups excluding carboxylic acids is 3. The van der Waals surface area contributed by atoms with E-state index in [9.17, 15) is 22.8 Å². The van der Waals surface area contributed by atoms with Crippen molar-refractivity contribution in [2.75, 3.05) is 19.6 Å². The summed E-state index contributed by atoms with van der Waals surface area (Å²) in [7, 11) is -3.63. The number of nitrogens with one attached hydrogen (secondary N) is 2. The highest BCUT2D eigenvalue weighted by Gasteiger charge is 2.34. The number of sulfonamides is 1. The van der Waals surface area contributed by atoms with Gasteiger partial charge in [-0.1, -0.05) is 31.2 Å². The first-order valence-corrected chi connectivity index (χ1v) is 11.6. The topological polar surface area (TPSA) is 113 Å². The van der Waals surface area contributed by atoms with Crippen molar-refractivity contribution in [3.05, 3.63) is 65.2 Å². The fraction of sp³-hybridized carbons (Fsp3) is 0.318. The first kappa shape index (κ1) is 22.6. The van der Waals surface area contributed by atoms with Crippen LogP contribution in [-0.2, 0) is 21.2 Å². The smallest absolute Gasteiger partial charge is 0.261 e. The number of imide groups is 1. The SMILES string of the molecule is CCc1ccc(S(=O)(=O)NCCNC(=O)CCCN2C(=O)c3ccccc3C2=O)cc1. The summed E-state index contributed by atoms with van der Waals surface area (Å²) in [6.45, 7) is 2.34. The van der Waals surface area contributed by atoms with Crippen molar-refractivity contribution in [1.82, 2.24) is 14.9 Å². The molecule has 0 aromatic heterocycles. The van der Waals surface area contributed by atoms with Crippen LogP contribution in [0.25, 0.3) is 0 Å². The number of amides is 3. The number of hydrogen-bond donors (Lipinski definition) is 2. The van der Waals surface area contributed by atoms with E-state index in [1.807, 2.05) is 6.92 Å². The molecule has 3 amide bonds. The second kappa shape index (κ2) is 9.84. The Morgan fingerprint density at radius 3 is 2.13 bits per heavy atom. The molecule has 0 saturated carbocycles. The highest BCUT2D eigenvalue weighted by atomic mass is 32.2. The minimum atomic E-state index is -3.63. The Bertz CT molecular complexity index is 1050. The molecule has 9 heteroatoms. The number of rotatable bonds is 10. The van der Waals surface area contributed by atoms with E-state index in [1.54, 1.807) is 48.5 Å². The van der Waals surface area contributed by atoms with Gasteiger partial charge in [-0.25, -0.2) is 13.1 Å². The molecule has 1 aliphatic heterocycles. The van der Waals surface area contributed by atoms with Crippen LogP contribution in [0.5, 0.6) is 0 Å². The predicted octanol–water partition coefficient (Wildman–Crippen LogP) is 1.72. The number of nitrogens with zero attached hydrogens (tertiary/aromatic N) is 1. The summed E-state index contributed by atoms with van der Waals surface area (Å²) in [5, 5.41) is 2.64. The van der Waals surface area contributed by atoms with Gasteiger partial charge < -0.3 is 5.32 Å². The van der Waals surface area contributed by atoms with Crippen LogP contribution in [0.4, 0.5) is 0 Å². The van der Waals surface area contributed by atoms with Gasteiger partial charge in [0.05, 0.1) is 16.0 Å². The minimum Gasteiger partial charge on any atom is -0.355 e. The van der Waals surface area contributed by atoms with Gasteiger partial charge in [0.25, 0.3) is 11.8 Å². The lowest BCUT2D eigenvalue weighted by Crippen LogP contribution is -2.35. The molecule has 0 radical (unpaired) electrons. The van der Waals surface area contributed by atoms with Gasteiger partial charge >= 0.3 is 0 Å². The van der Waals surface area contributed by atoms with E-state index >= 15 is 0 Å². The third kappa shape index (κ3) is 5.36. The zero-order chi connectivity index (χ0) is 22.4. The Morgan fingerprint density at radius 1 is 0.935 bits per heavy atom. The Kier molecular flexibility index (Phi) is 7.19. The van der Waals surface area contributed by atoms with E-state index in [-0.39, 0.29) is 48.7 Å². The quantitative estimate of drug-likeness (QED) is 0.429. The highest BCUT2D eigenvalue weighted by molar-refractivity contribution is 7.89. The average molecular weight is 444 g/mol. The second-order valence-corrected chi connectivity index (χ2v) is 8.92. The second-order valence-electron chi connectivity index (χ2n) is 7.16. The highest BCUT2D eigenvalue weighted by Crippen LogP contribution is 2.22. The van der Waals surface area contributed by atoms with Crippen molar-refractivity contribution in [2.45, 2.75) is 31.1 Å². The maximum absolute atomic E-state index is 12.3. The zero-order valence-electron chi connectivity index (χ0n) is 17.3. The fourth-order valence-corrected chi connectivity index (χ4v) is 4.34. The van der Waals surface area contributed by atoms with Crippen molar-refractivity contribution in [1.29, 1.82) is 0 Å². The maximum atomic E-state index is 12.3. The summed E-state index contributed by atoms with van der Waals surface area (Å²) in [6, 6.07) is 13.3.